The number of aliphatic hydroxyl groups excluding tert-OH is 1. The van der Waals surface area contributed by atoms with Crippen LogP contribution in [0.2, 0.25) is 10.0 Å². The zero-order valence-corrected chi connectivity index (χ0v) is 17.8. The summed E-state index contributed by atoms with van der Waals surface area (Å²) in [6.45, 7) is 0. The quantitative estimate of drug-likeness (QED) is 0.444. The number of hydrogen-bond acceptors (Lipinski definition) is 6. The highest BCUT2D eigenvalue weighted by Gasteiger charge is 2.46. The molecular weight excluding hydrogens is 445 g/mol. The predicted octanol–water partition coefficient (Wildman–Crippen LogP) is 5.73. The minimum Gasteiger partial charge on any atom is -0.480 e. The van der Waals surface area contributed by atoms with Crippen LogP contribution in [0, 0.1) is 0 Å². The van der Waals surface area contributed by atoms with Crippen LogP contribution < -0.4 is 10.1 Å². The normalized spacial score (nSPS) is 17.7. The van der Waals surface area contributed by atoms with E-state index in [2.05, 4.69) is 5.32 Å². The molecule has 7 nitrogen and oxygen atoms in total. The zero-order valence-electron chi connectivity index (χ0n) is 16.3. The molecule has 1 amide bonds. The number of aliphatic hydroxyl groups is 1. The van der Waals surface area contributed by atoms with E-state index in [0.717, 1.165) is 19.3 Å². The van der Waals surface area contributed by atoms with Gasteiger partial charge in [-0.05, 0) is 49.2 Å². The van der Waals surface area contributed by atoms with Gasteiger partial charge in [-0.3, -0.25) is 4.79 Å². The van der Waals surface area contributed by atoms with E-state index >= 15 is 0 Å². The predicted molar refractivity (Wildman–Crippen MR) is 114 cm³/mol. The number of amides is 1. The number of anilines is 1. The molecule has 4 rings (SSSR count). The first-order valence-corrected chi connectivity index (χ1v) is 10.5. The van der Waals surface area contributed by atoms with E-state index in [1.807, 2.05) is 0 Å². The van der Waals surface area contributed by atoms with Crippen molar-refractivity contribution in [3.8, 4) is 11.5 Å². The van der Waals surface area contributed by atoms with Gasteiger partial charge in [0.1, 0.15) is 11.5 Å². The number of esters is 1. The number of ether oxygens (including phenoxy) is 3. The molecule has 1 fully saturated rings. The third-order valence-electron chi connectivity index (χ3n) is 5.06. The largest absolute Gasteiger partial charge is 0.480 e. The number of nitrogens with one attached hydrogen (secondary N) is 1. The van der Waals surface area contributed by atoms with Crippen molar-refractivity contribution in [3.05, 3.63) is 64.0 Å². The van der Waals surface area contributed by atoms with Crippen LogP contribution in [0.15, 0.2) is 54.0 Å². The van der Waals surface area contributed by atoms with Crippen LogP contribution in [0.3, 0.4) is 0 Å². The molecule has 1 aliphatic heterocycles. The van der Waals surface area contributed by atoms with E-state index in [0.29, 0.717) is 29.4 Å². The van der Waals surface area contributed by atoms with Gasteiger partial charge in [0.25, 0.3) is 11.7 Å². The van der Waals surface area contributed by atoms with E-state index < -0.39 is 29.2 Å². The molecule has 2 aliphatic rings. The molecule has 0 aromatic heterocycles. The summed E-state index contributed by atoms with van der Waals surface area (Å²) < 4.78 is 16.5. The van der Waals surface area contributed by atoms with Crippen molar-refractivity contribution in [2.75, 3.05) is 5.32 Å². The van der Waals surface area contributed by atoms with E-state index in [-0.39, 0.29) is 10.7 Å². The molecule has 0 unspecified atom stereocenters. The Hall–Kier alpha value is -2.90. The number of carbonyl (C=O) groups excluding carboxylic acids is 2. The summed E-state index contributed by atoms with van der Waals surface area (Å²) in [6, 6.07) is 11.4. The lowest BCUT2D eigenvalue weighted by atomic mass is 9.93. The Morgan fingerprint density at radius 3 is 2.32 bits per heavy atom. The highest BCUT2D eigenvalue weighted by molar-refractivity contribution is 6.34. The van der Waals surface area contributed by atoms with Crippen molar-refractivity contribution in [3.63, 3.8) is 0 Å². The van der Waals surface area contributed by atoms with Gasteiger partial charge in [-0.15, -0.1) is 0 Å². The van der Waals surface area contributed by atoms with Gasteiger partial charge in [0, 0.05) is 23.9 Å². The third kappa shape index (κ3) is 4.73. The van der Waals surface area contributed by atoms with Crippen LogP contribution in [0.5, 0.6) is 11.5 Å². The summed E-state index contributed by atoms with van der Waals surface area (Å²) in [5, 5.41) is 13.5. The molecular formula is C22H19Cl2NO6. The summed E-state index contributed by atoms with van der Waals surface area (Å²) in [6.07, 6.45) is 3.55. The Morgan fingerprint density at radius 2 is 1.68 bits per heavy atom. The number of hydrogen-bond donors (Lipinski definition) is 2. The molecule has 1 aliphatic carbocycles. The molecule has 1 heterocycles. The smallest absolute Gasteiger partial charge is 0.354 e. The first-order valence-electron chi connectivity index (χ1n) is 9.75. The lowest BCUT2D eigenvalue weighted by Gasteiger charge is -2.38. The molecule has 0 saturated heterocycles. The summed E-state index contributed by atoms with van der Waals surface area (Å²) in [5.41, 5.74) is -0.380. The van der Waals surface area contributed by atoms with Crippen LogP contribution in [0.4, 0.5) is 5.69 Å². The van der Waals surface area contributed by atoms with Gasteiger partial charge in [-0.1, -0.05) is 29.6 Å². The lowest BCUT2D eigenvalue weighted by molar-refractivity contribution is -0.249. The van der Waals surface area contributed by atoms with Gasteiger partial charge in [0.15, 0.2) is 0 Å². The van der Waals surface area contributed by atoms with Crippen molar-refractivity contribution in [1.29, 1.82) is 0 Å². The van der Waals surface area contributed by atoms with Gasteiger partial charge in [0.2, 0.25) is 5.57 Å². The van der Waals surface area contributed by atoms with Crippen molar-refractivity contribution in [2.24, 2.45) is 0 Å². The summed E-state index contributed by atoms with van der Waals surface area (Å²) >= 11 is 12.1. The number of rotatable bonds is 4. The maximum Gasteiger partial charge on any atom is 0.354 e. The van der Waals surface area contributed by atoms with Crippen LogP contribution in [-0.4, -0.2) is 22.8 Å². The van der Waals surface area contributed by atoms with Crippen LogP contribution in [-0.2, 0) is 19.1 Å². The average molecular weight is 464 g/mol. The summed E-state index contributed by atoms with van der Waals surface area (Å²) in [7, 11) is 0. The third-order valence-corrected chi connectivity index (χ3v) is 5.62. The number of halogens is 2. The van der Waals surface area contributed by atoms with Crippen LogP contribution >= 0.6 is 23.2 Å². The van der Waals surface area contributed by atoms with Crippen molar-refractivity contribution < 1.29 is 28.9 Å². The zero-order chi connectivity index (χ0) is 22.0. The molecule has 162 valence electrons. The fourth-order valence-corrected chi connectivity index (χ4v) is 3.87. The van der Waals surface area contributed by atoms with E-state index in [1.54, 1.807) is 30.3 Å². The maximum absolute atomic E-state index is 12.6. The number of benzene rings is 2. The highest BCUT2D eigenvalue weighted by atomic mass is 35.5. The molecule has 0 atom stereocenters. The van der Waals surface area contributed by atoms with Crippen molar-refractivity contribution in [2.45, 2.75) is 37.9 Å². The van der Waals surface area contributed by atoms with Crippen molar-refractivity contribution >= 4 is 40.8 Å². The molecule has 31 heavy (non-hydrogen) atoms. The lowest BCUT2D eigenvalue weighted by Crippen LogP contribution is -2.45. The Labute approximate surface area is 188 Å². The molecule has 0 radical (unpaired) electrons. The van der Waals surface area contributed by atoms with E-state index in [4.69, 9.17) is 37.4 Å². The van der Waals surface area contributed by atoms with Gasteiger partial charge in [0.05, 0.1) is 10.7 Å². The van der Waals surface area contributed by atoms with Gasteiger partial charge < -0.3 is 24.6 Å². The molecule has 2 N–H and O–H groups in total. The first-order chi connectivity index (χ1) is 14.8. The fraction of sp³-hybridized carbons (Fsp3) is 0.273. The minimum absolute atomic E-state index is 0.175. The maximum atomic E-state index is 12.6. The SMILES string of the molecule is O=C(Nc1ccc(Oc2ccc(Cl)cc2)cc1Cl)C1=C(O)OC2(CCCCC2)OC1=O. The Bertz CT molecular complexity index is 1040. The van der Waals surface area contributed by atoms with Gasteiger partial charge in [-0.25, -0.2) is 4.79 Å². The standard InChI is InChI=1S/C22H19Cl2NO6/c23-13-4-6-14(7-5-13)29-15-8-9-17(16(24)12-15)25-19(26)18-20(27)30-22(31-21(18)28)10-2-1-3-11-22/h4-9,12,27H,1-3,10-11H2,(H,25,26). The Morgan fingerprint density at radius 1 is 1.00 bits per heavy atom. The van der Waals surface area contributed by atoms with E-state index in [9.17, 15) is 14.7 Å². The minimum atomic E-state index is -1.19. The second kappa shape index (κ2) is 8.69. The van der Waals surface area contributed by atoms with Crippen molar-refractivity contribution in [1.82, 2.24) is 0 Å². The molecule has 1 spiro atoms. The Kier molecular flexibility index (Phi) is 5.98. The second-order valence-electron chi connectivity index (χ2n) is 7.29. The highest BCUT2D eigenvalue weighted by Crippen LogP contribution is 2.38. The second-order valence-corrected chi connectivity index (χ2v) is 8.14. The molecule has 2 aromatic rings. The average Bonchev–Trinajstić information content (AvgIpc) is 2.71. The topological polar surface area (TPSA) is 94.1 Å². The molecule has 0 bridgehead atoms. The van der Waals surface area contributed by atoms with Gasteiger partial charge >= 0.3 is 11.9 Å². The molecule has 2 aromatic carbocycles. The summed E-state index contributed by atoms with van der Waals surface area (Å²) in [4.78, 5) is 25.0. The monoisotopic (exact) mass is 463 g/mol. The summed E-state index contributed by atoms with van der Waals surface area (Å²) in [5.74, 6) is -2.75. The number of carbonyl (C=O) groups is 2. The van der Waals surface area contributed by atoms with Gasteiger partial charge in [-0.2, -0.15) is 0 Å². The molecule has 9 heteroatoms. The first kappa shape index (κ1) is 21.3. The van der Waals surface area contributed by atoms with Crippen LogP contribution in [0.1, 0.15) is 32.1 Å². The fourth-order valence-electron chi connectivity index (χ4n) is 3.52. The molecule has 1 saturated carbocycles. The Balaban J connectivity index is 1.47. The van der Waals surface area contributed by atoms with Crippen LogP contribution in [0.25, 0.3) is 0 Å². The van der Waals surface area contributed by atoms with E-state index in [1.165, 1.54) is 12.1 Å².